The van der Waals surface area contributed by atoms with Gasteiger partial charge < -0.3 is 9.67 Å². The first-order valence-corrected chi connectivity index (χ1v) is 7.68. The van der Waals surface area contributed by atoms with Crippen LogP contribution in [0.2, 0.25) is 0 Å². The Labute approximate surface area is 124 Å². The molecule has 1 unspecified atom stereocenters. The Bertz CT molecular complexity index is 700. The summed E-state index contributed by atoms with van der Waals surface area (Å²) in [5, 5.41) is 9.24. The molecule has 1 aromatic carbocycles. The smallest absolute Gasteiger partial charge is 0.335 e. The van der Waals surface area contributed by atoms with Crippen molar-refractivity contribution in [2.75, 3.05) is 0 Å². The van der Waals surface area contributed by atoms with Crippen LogP contribution in [0.4, 0.5) is 0 Å². The third-order valence-electron chi connectivity index (χ3n) is 4.84. The lowest BCUT2D eigenvalue weighted by molar-refractivity contribution is 0.0697. The molecule has 112 valence electrons. The number of fused-ring (bicyclic) bond motifs is 1. The van der Waals surface area contributed by atoms with Crippen molar-refractivity contribution in [3.8, 4) is 0 Å². The minimum Gasteiger partial charge on any atom is -0.478 e. The maximum atomic E-state index is 11.3. The van der Waals surface area contributed by atoms with Gasteiger partial charge in [-0.05, 0) is 36.5 Å². The van der Waals surface area contributed by atoms with E-state index in [4.69, 9.17) is 4.98 Å². The molecule has 1 fully saturated rings. The van der Waals surface area contributed by atoms with Crippen molar-refractivity contribution in [2.24, 2.45) is 5.41 Å². The number of nitrogens with zero attached hydrogens (tertiary/aromatic N) is 2. The molecule has 0 spiro atoms. The quantitative estimate of drug-likeness (QED) is 0.926. The molecule has 1 saturated carbocycles. The van der Waals surface area contributed by atoms with Gasteiger partial charge in [0.1, 0.15) is 5.82 Å². The molecule has 0 aliphatic heterocycles. The summed E-state index contributed by atoms with van der Waals surface area (Å²) in [4.78, 5) is 16.0. The lowest BCUT2D eigenvalue weighted by atomic mass is 9.87. The molecule has 4 nitrogen and oxygen atoms in total. The number of imidazole rings is 1. The van der Waals surface area contributed by atoms with Gasteiger partial charge in [0.15, 0.2) is 0 Å². The van der Waals surface area contributed by atoms with Gasteiger partial charge in [-0.2, -0.15) is 0 Å². The van der Waals surface area contributed by atoms with Crippen LogP contribution in [0.1, 0.15) is 62.3 Å². The monoisotopic (exact) mass is 286 g/mol. The van der Waals surface area contributed by atoms with E-state index in [0.717, 1.165) is 29.7 Å². The Kier molecular flexibility index (Phi) is 3.27. The van der Waals surface area contributed by atoms with Crippen LogP contribution < -0.4 is 0 Å². The predicted octanol–water partition coefficient (Wildman–Crippen LogP) is 4.05. The third kappa shape index (κ3) is 2.23. The topological polar surface area (TPSA) is 55.1 Å². The first-order valence-electron chi connectivity index (χ1n) is 7.68. The van der Waals surface area contributed by atoms with Crippen molar-refractivity contribution in [3.63, 3.8) is 0 Å². The van der Waals surface area contributed by atoms with Crippen LogP contribution in [0.3, 0.4) is 0 Å². The van der Waals surface area contributed by atoms with Gasteiger partial charge in [-0.15, -0.1) is 0 Å². The summed E-state index contributed by atoms with van der Waals surface area (Å²) < 4.78 is 2.30. The number of benzene rings is 1. The molecular formula is C17H22N2O2. The molecule has 2 aromatic rings. The maximum absolute atomic E-state index is 11.3. The second kappa shape index (κ2) is 4.86. The van der Waals surface area contributed by atoms with Gasteiger partial charge >= 0.3 is 5.97 Å². The minimum atomic E-state index is -0.881. The predicted molar refractivity (Wildman–Crippen MR) is 82.7 cm³/mol. The van der Waals surface area contributed by atoms with E-state index in [1.807, 2.05) is 6.07 Å². The molecule has 0 bridgehead atoms. The fraction of sp³-hybridized carbons (Fsp3) is 0.529. The van der Waals surface area contributed by atoms with E-state index in [1.165, 1.54) is 12.8 Å². The van der Waals surface area contributed by atoms with Crippen molar-refractivity contribution < 1.29 is 9.90 Å². The average molecular weight is 286 g/mol. The Balaban J connectivity index is 2.23. The molecular weight excluding hydrogens is 264 g/mol. The molecule has 3 rings (SSSR count). The van der Waals surface area contributed by atoms with Crippen LogP contribution in [0.25, 0.3) is 11.0 Å². The molecule has 1 heterocycles. The molecule has 1 N–H and O–H groups in total. The first kappa shape index (κ1) is 14.1. The van der Waals surface area contributed by atoms with Crippen LogP contribution in [0.5, 0.6) is 0 Å². The minimum absolute atomic E-state index is 0.233. The van der Waals surface area contributed by atoms with Crippen molar-refractivity contribution in [1.29, 1.82) is 0 Å². The number of carbonyl (C=O) groups is 1. The maximum Gasteiger partial charge on any atom is 0.335 e. The summed E-state index contributed by atoms with van der Waals surface area (Å²) in [5.74, 6) is 0.181. The normalized spacial score (nSPS) is 21.0. The molecule has 1 aliphatic rings. The number of aryl methyl sites for hydroxylation is 1. The van der Waals surface area contributed by atoms with Gasteiger partial charge in [0.05, 0.1) is 16.6 Å². The van der Waals surface area contributed by atoms with Crippen LogP contribution in [-0.4, -0.2) is 20.6 Å². The number of carboxylic acids is 1. The zero-order valence-electron chi connectivity index (χ0n) is 12.9. The van der Waals surface area contributed by atoms with Crippen molar-refractivity contribution in [2.45, 2.75) is 52.5 Å². The highest BCUT2D eigenvalue weighted by Gasteiger charge is 2.37. The van der Waals surface area contributed by atoms with Crippen LogP contribution >= 0.6 is 0 Å². The van der Waals surface area contributed by atoms with Crippen molar-refractivity contribution in [1.82, 2.24) is 9.55 Å². The SMILES string of the molecule is CCc1nc2ccc(C(=O)O)cc2n1C1CCCC1(C)C. The number of hydrogen-bond donors (Lipinski definition) is 1. The van der Waals surface area contributed by atoms with E-state index < -0.39 is 5.97 Å². The van der Waals surface area contributed by atoms with Crippen molar-refractivity contribution >= 4 is 17.0 Å². The molecule has 1 aliphatic carbocycles. The number of hydrogen-bond acceptors (Lipinski definition) is 2. The van der Waals surface area contributed by atoms with Gasteiger partial charge in [-0.1, -0.05) is 27.2 Å². The van der Waals surface area contributed by atoms with Gasteiger partial charge in [-0.25, -0.2) is 9.78 Å². The van der Waals surface area contributed by atoms with Gasteiger partial charge in [-0.3, -0.25) is 0 Å². The molecule has 1 aromatic heterocycles. The first-order chi connectivity index (χ1) is 9.94. The number of rotatable bonds is 3. The van der Waals surface area contributed by atoms with E-state index in [9.17, 15) is 9.90 Å². The highest BCUT2D eigenvalue weighted by molar-refractivity contribution is 5.92. The van der Waals surface area contributed by atoms with E-state index in [2.05, 4.69) is 25.3 Å². The van der Waals surface area contributed by atoms with E-state index >= 15 is 0 Å². The van der Waals surface area contributed by atoms with Gasteiger partial charge in [0.2, 0.25) is 0 Å². The summed E-state index contributed by atoms with van der Waals surface area (Å²) in [5.41, 5.74) is 2.44. The number of aromatic nitrogens is 2. The van der Waals surface area contributed by atoms with Crippen molar-refractivity contribution in [3.05, 3.63) is 29.6 Å². The Morgan fingerprint density at radius 2 is 2.24 bits per heavy atom. The Morgan fingerprint density at radius 1 is 1.48 bits per heavy atom. The second-order valence-corrected chi connectivity index (χ2v) is 6.66. The fourth-order valence-electron chi connectivity index (χ4n) is 3.66. The average Bonchev–Trinajstić information content (AvgIpc) is 2.96. The van der Waals surface area contributed by atoms with Crippen LogP contribution in [-0.2, 0) is 6.42 Å². The zero-order chi connectivity index (χ0) is 15.2. The molecule has 0 radical (unpaired) electrons. The molecule has 0 saturated heterocycles. The van der Waals surface area contributed by atoms with E-state index in [1.54, 1.807) is 12.1 Å². The highest BCUT2D eigenvalue weighted by atomic mass is 16.4. The summed E-state index contributed by atoms with van der Waals surface area (Å²) in [7, 11) is 0. The summed E-state index contributed by atoms with van der Waals surface area (Å²) in [6.07, 6.45) is 4.44. The number of carboxylic acid groups (broad SMARTS) is 1. The lowest BCUT2D eigenvalue weighted by Crippen LogP contribution is -2.23. The zero-order valence-corrected chi connectivity index (χ0v) is 12.9. The standard InChI is InChI=1S/C17H22N2O2/c1-4-15-18-12-8-7-11(16(20)21)10-13(12)19(15)14-6-5-9-17(14,2)3/h7-8,10,14H,4-6,9H2,1-3H3,(H,20,21). The summed E-state index contributed by atoms with van der Waals surface area (Å²) >= 11 is 0. The van der Waals surface area contributed by atoms with Crippen LogP contribution in [0.15, 0.2) is 18.2 Å². The molecule has 21 heavy (non-hydrogen) atoms. The van der Waals surface area contributed by atoms with Crippen LogP contribution in [0, 0.1) is 5.41 Å². The fourth-order valence-corrected chi connectivity index (χ4v) is 3.66. The third-order valence-corrected chi connectivity index (χ3v) is 4.84. The van der Waals surface area contributed by atoms with E-state index in [0.29, 0.717) is 11.6 Å². The van der Waals surface area contributed by atoms with Gasteiger partial charge in [0.25, 0.3) is 0 Å². The van der Waals surface area contributed by atoms with E-state index in [-0.39, 0.29) is 5.41 Å². The lowest BCUT2D eigenvalue weighted by Gasteiger charge is -2.30. The second-order valence-electron chi connectivity index (χ2n) is 6.66. The molecule has 0 amide bonds. The summed E-state index contributed by atoms with van der Waals surface area (Å²) in [6.45, 7) is 6.71. The molecule has 4 heteroatoms. The summed E-state index contributed by atoms with van der Waals surface area (Å²) in [6, 6.07) is 5.65. The van der Waals surface area contributed by atoms with Gasteiger partial charge in [0, 0.05) is 12.5 Å². The number of aromatic carboxylic acids is 1. The largest absolute Gasteiger partial charge is 0.478 e. The molecule has 1 atom stereocenters. The highest BCUT2D eigenvalue weighted by Crippen LogP contribution is 2.47. The Morgan fingerprint density at radius 3 is 2.81 bits per heavy atom. The Hall–Kier alpha value is -1.84.